The Morgan fingerprint density at radius 2 is 2.42 bits per heavy atom. The molecule has 1 aromatic rings. The summed E-state index contributed by atoms with van der Waals surface area (Å²) < 4.78 is 2.02. The van der Waals surface area contributed by atoms with E-state index in [0.717, 1.165) is 6.42 Å². The summed E-state index contributed by atoms with van der Waals surface area (Å²) in [6.07, 6.45) is 3.78. The van der Waals surface area contributed by atoms with Crippen LogP contribution in [-0.4, -0.2) is 15.6 Å². The van der Waals surface area contributed by atoms with Gasteiger partial charge in [-0.15, -0.1) is 0 Å². The summed E-state index contributed by atoms with van der Waals surface area (Å²) in [6, 6.07) is 3.98. The maximum Gasteiger partial charge on any atom is 0.303 e. The van der Waals surface area contributed by atoms with Crippen LogP contribution in [0, 0.1) is 0 Å². The maximum absolute atomic E-state index is 10.2. The Morgan fingerprint density at radius 1 is 1.67 bits per heavy atom. The number of carboxylic acids is 1. The molecule has 1 rings (SSSR count). The van der Waals surface area contributed by atoms with Crippen molar-refractivity contribution in [2.45, 2.75) is 19.3 Å². The summed E-state index contributed by atoms with van der Waals surface area (Å²) in [4.78, 5) is 10.2. The van der Waals surface area contributed by atoms with E-state index in [9.17, 15) is 4.79 Å². The molecule has 66 valence electrons. The van der Waals surface area contributed by atoms with E-state index in [-0.39, 0.29) is 6.42 Å². The molecular weight excluding hydrogens is 154 g/mol. The molecular formula is C9H13NO2. The number of aromatic nitrogens is 1. The average Bonchev–Trinajstić information content (AvgIpc) is 2.36. The van der Waals surface area contributed by atoms with Gasteiger partial charge in [-0.1, -0.05) is 0 Å². The van der Waals surface area contributed by atoms with Crippen LogP contribution in [0.3, 0.4) is 0 Å². The third-order valence-electron chi connectivity index (χ3n) is 1.87. The number of rotatable bonds is 4. The molecule has 0 aliphatic rings. The maximum atomic E-state index is 10.2. The Balaban J connectivity index is 2.33. The predicted molar refractivity (Wildman–Crippen MR) is 46.0 cm³/mol. The van der Waals surface area contributed by atoms with E-state index in [1.807, 2.05) is 29.9 Å². The third-order valence-corrected chi connectivity index (χ3v) is 1.87. The fourth-order valence-corrected chi connectivity index (χ4v) is 1.18. The Labute approximate surface area is 71.6 Å². The zero-order valence-corrected chi connectivity index (χ0v) is 7.16. The standard InChI is InChI=1S/C9H13NO2/c1-10-7-3-5-8(10)4-2-6-9(11)12/h3,5,7H,2,4,6H2,1H3,(H,11,12). The van der Waals surface area contributed by atoms with Crippen LogP contribution >= 0.6 is 0 Å². The molecule has 0 aromatic carbocycles. The SMILES string of the molecule is Cn1cccc1CCCC(=O)O. The van der Waals surface area contributed by atoms with Crippen LogP contribution < -0.4 is 0 Å². The molecule has 0 saturated carbocycles. The molecule has 0 bridgehead atoms. The van der Waals surface area contributed by atoms with Crippen LogP contribution in [0.2, 0.25) is 0 Å². The largest absolute Gasteiger partial charge is 0.481 e. The van der Waals surface area contributed by atoms with Crippen LogP contribution in [-0.2, 0) is 18.3 Å². The van der Waals surface area contributed by atoms with Crippen LogP contribution in [0.5, 0.6) is 0 Å². The van der Waals surface area contributed by atoms with Crippen LogP contribution in [0.4, 0.5) is 0 Å². The lowest BCUT2D eigenvalue weighted by molar-refractivity contribution is -0.137. The fourth-order valence-electron chi connectivity index (χ4n) is 1.18. The second-order valence-electron chi connectivity index (χ2n) is 2.86. The number of aliphatic carboxylic acids is 1. The average molecular weight is 167 g/mol. The van der Waals surface area contributed by atoms with Crippen molar-refractivity contribution in [3.63, 3.8) is 0 Å². The van der Waals surface area contributed by atoms with Crippen molar-refractivity contribution in [2.75, 3.05) is 0 Å². The van der Waals surface area contributed by atoms with E-state index in [1.165, 1.54) is 5.69 Å². The smallest absolute Gasteiger partial charge is 0.303 e. The molecule has 0 atom stereocenters. The first-order chi connectivity index (χ1) is 5.70. The monoisotopic (exact) mass is 167 g/mol. The van der Waals surface area contributed by atoms with Gasteiger partial charge < -0.3 is 9.67 Å². The van der Waals surface area contributed by atoms with Gasteiger partial charge in [-0.3, -0.25) is 4.79 Å². The van der Waals surface area contributed by atoms with Crippen molar-refractivity contribution in [3.8, 4) is 0 Å². The number of nitrogens with zero attached hydrogens (tertiary/aromatic N) is 1. The molecule has 1 heterocycles. The highest BCUT2D eigenvalue weighted by Gasteiger charge is 1.99. The number of hydrogen-bond donors (Lipinski definition) is 1. The number of carbonyl (C=O) groups is 1. The third kappa shape index (κ3) is 2.42. The Kier molecular flexibility index (Phi) is 2.91. The van der Waals surface area contributed by atoms with Gasteiger partial charge in [0.25, 0.3) is 0 Å². The van der Waals surface area contributed by atoms with Gasteiger partial charge in [0, 0.05) is 25.4 Å². The first-order valence-electron chi connectivity index (χ1n) is 4.02. The van der Waals surface area contributed by atoms with E-state index in [0.29, 0.717) is 6.42 Å². The van der Waals surface area contributed by atoms with Gasteiger partial charge in [-0.05, 0) is 25.0 Å². The molecule has 3 nitrogen and oxygen atoms in total. The van der Waals surface area contributed by atoms with Crippen molar-refractivity contribution < 1.29 is 9.90 Å². The Morgan fingerprint density at radius 3 is 2.92 bits per heavy atom. The molecule has 1 N–H and O–H groups in total. The zero-order valence-electron chi connectivity index (χ0n) is 7.16. The molecule has 3 heteroatoms. The van der Waals surface area contributed by atoms with Crippen molar-refractivity contribution in [1.82, 2.24) is 4.57 Å². The molecule has 1 aromatic heterocycles. The van der Waals surface area contributed by atoms with Crippen molar-refractivity contribution in [3.05, 3.63) is 24.0 Å². The summed E-state index contributed by atoms with van der Waals surface area (Å²) in [5.74, 6) is -0.718. The fraction of sp³-hybridized carbons (Fsp3) is 0.444. The van der Waals surface area contributed by atoms with Crippen LogP contribution in [0.1, 0.15) is 18.5 Å². The van der Waals surface area contributed by atoms with Crippen LogP contribution in [0.15, 0.2) is 18.3 Å². The highest BCUT2D eigenvalue weighted by atomic mass is 16.4. The second kappa shape index (κ2) is 3.95. The Hall–Kier alpha value is -1.25. The minimum atomic E-state index is -0.718. The van der Waals surface area contributed by atoms with E-state index < -0.39 is 5.97 Å². The Bertz CT molecular complexity index is 265. The normalized spacial score (nSPS) is 10.1. The first kappa shape index (κ1) is 8.84. The molecule has 12 heavy (non-hydrogen) atoms. The van der Waals surface area contributed by atoms with E-state index in [4.69, 9.17) is 5.11 Å². The molecule has 0 aliphatic heterocycles. The predicted octanol–water partition coefficient (Wildman–Crippen LogP) is 1.43. The summed E-state index contributed by atoms with van der Waals surface area (Å²) in [5, 5.41) is 8.40. The lowest BCUT2D eigenvalue weighted by Gasteiger charge is -2.00. The second-order valence-corrected chi connectivity index (χ2v) is 2.86. The van der Waals surface area contributed by atoms with E-state index >= 15 is 0 Å². The minimum absolute atomic E-state index is 0.255. The first-order valence-corrected chi connectivity index (χ1v) is 4.02. The summed E-state index contributed by atoms with van der Waals surface area (Å²) in [7, 11) is 1.97. The van der Waals surface area contributed by atoms with Gasteiger partial charge in [0.15, 0.2) is 0 Å². The van der Waals surface area contributed by atoms with E-state index in [1.54, 1.807) is 0 Å². The van der Waals surface area contributed by atoms with Gasteiger partial charge in [-0.2, -0.15) is 0 Å². The molecule has 0 unspecified atom stereocenters. The van der Waals surface area contributed by atoms with Crippen molar-refractivity contribution >= 4 is 5.97 Å². The summed E-state index contributed by atoms with van der Waals surface area (Å²) >= 11 is 0. The zero-order chi connectivity index (χ0) is 8.97. The van der Waals surface area contributed by atoms with Gasteiger partial charge >= 0.3 is 5.97 Å². The molecule has 0 fully saturated rings. The van der Waals surface area contributed by atoms with Crippen molar-refractivity contribution in [1.29, 1.82) is 0 Å². The minimum Gasteiger partial charge on any atom is -0.481 e. The molecule has 0 spiro atoms. The van der Waals surface area contributed by atoms with E-state index in [2.05, 4.69) is 0 Å². The number of carboxylic acid groups (broad SMARTS) is 1. The van der Waals surface area contributed by atoms with Gasteiger partial charge in [0.1, 0.15) is 0 Å². The molecule has 0 aliphatic carbocycles. The number of aryl methyl sites for hydroxylation is 2. The summed E-state index contributed by atoms with van der Waals surface area (Å²) in [6.45, 7) is 0. The quantitative estimate of drug-likeness (QED) is 0.737. The highest BCUT2D eigenvalue weighted by Crippen LogP contribution is 2.04. The van der Waals surface area contributed by atoms with Crippen molar-refractivity contribution in [2.24, 2.45) is 7.05 Å². The lowest BCUT2D eigenvalue weighted by atomic mass is 10.2. The lowest BCUT2D eigenvalue weighted by Crippen LogP contribution is -1.99. The highest BCUT2D eigenvalue weighted by molar-refractivity contribution is 5.66. The van der Waals surface area contributed by atoms with Gasteiger partial charge in [-0.25, -0.2) is 0 Å². The molecule has 0 radical (unpaired) electrons. The molecule has 0 amide bonds. The molecule has 0 saturated heterocycles. The summed E-state index contributed by atoms with van der Waals surface area (Å²) in [5.41, 5.74) is 1.19. The van der Waals surface area contributed by atoms with Gasteiger partial charge in [0.2, 0.25) is 0 Å². The topological polar surface area (TPSA) is 42.2 Å². The number of hydrogen-bond acceptors (Lipinski definition) is 1. The van der Waals surface area contributed by atoms with Gasteiger partial charge in [0.05, 0.1) is 0 Å². The van der Waals surface area contributed by atoms with Crippen LogP contribution in [0.25, 0.3) is 0 Å².